The largest absolute Gasteiger partial charge is 0.398 e. The molecule has 5 nitrogen and oxygen atoms in total. The molecule has 0 spiro atoms. The maximum absolute atomic E-state index is 5.95. The minimum Gasteiger partial charge on any atom is -0.398 e. The molecule has 6 heteroatoms. The summed E-state index contributed by atoms with van der Waals surface area (Å²) in [5.41, 5.74) is 11.1. The second-order valence-electron chi connectivity index (χ2n) is 3.54. The van der Waals surface area contributed by atoms with Crippen molar-refractivity contribution in [2.45, 2.75) is 6.04 Å². The second-order valence-corrected chi connectivity index (χ2v) is 4.46. The fraction of sp³-hybridized carbons (Fsp3) is 0.0909. The van der Waals surface area contributed by atoms with Crippen molar-refractivity contribution in [3.8, 4) is 0 Å². The molecule has 1 heterocycles. The zero-order valence-electron chi connectivity index (χ0n) is 8.97. The van der Waals surface area contributed by atoms with Crippen LogP contribution in [0.1, 0.15) is 17.2 Å². The van der Waals surface area contributed by atoms with Crippen LogP contribution in [0.15, 0.2) is 41.4 Å². The highest BCUT2D eigenvalue weighted by atomic mass is 79.9. The van der Waals surface area contributed by atoms with E-state index in [-0.39, 0.29) is 6.04 Å². The monoisotopic (exact) mass is 293 g/mol. The molecule has 17 heavy (non-hydrogen) atoms. The third-order valence-corrected chi connectivity index (χ3v) is 2.93. The van der Waals surface area contributed by atoms with E-state index in [1.54, 1.807) is 12.4 Å². The highest BCUT2D eigenvalue weighted by Gasteiger charge is 2.15. The first-order valence-electron chi connectivity index (χ1n) is 4.98. The van der Waals surface area contributed by atoms with Crippen LogP contribution >= 0.6 is 15.9 Å². The molecule has 88 valence electrons. The normalized spacial score (nSPS) is 12.4. The molecule has 0 aliphatic rings. The SMILES string of the molecule is NNC(c1cncnc1)c1cc(Br)ccc1N. The van der Waals surface area contributed by atoms with Crippen LogP contribution in [0.3, 0.4) is 0 Å². The number of anilines is 1. The van der Waals surface area contributed by atoms with Crippen molar-refractivity contribution < 1.29 is 0 Å². The summed E-state index contributed by atoms with van der Waals surface area (Å²) in [6.07, 6.45) is 4.89. The first-order valence-corrected chi connectivity index (χ1v) is 5.77. The molecular weight excluding hydrogens is 282 g/mol. The standard InChI is InChI=1S/C11H12BrN5/c12-8-1-2-10(13)9(3-8)11(17-14)7-4-15-6-16-5-7/h1-6,11,17H,13-14H2. The summed E-state index contributed by atoms with van der Waals surface area (Å²) in [7, 11) is 0. The Morgan fingerprint density at radius 3 is 2.59 bits per heavy atom. The summed E-state index contributed by atoms with van der Waals surface area (Å²) < 4.78 is 0.943. The molecule has 0 bridgehead atoms. The van der Waals surface area contributed by atoms with E-state index < -0.39 is 0 Å². The highest BCUT2D eigenvalue weighted by molar-refractivity contribution is 9.10. The van der Waals surface area contributed by atoms with Gasteiger partial charge in [-0.15, -0.1) is 0 Å². The summed E-state index contributed by atoms with van der Waals surface area (Å²) >= 11 is 3.41. The maximum Gasteiger partial charge on any atom is 0.115 e. The van der Waals surface area contributed by atoms with Gasteiger partial charge in [-0.2, -0.15) is 0 Å². The summed E-state index contributed by atoms with van der Waals surface area (Å²) in [6.45, 7) is 0. The van der Waals surface area contributed by atoms with Gasteiger partial charge in [0.2, 0.25) is 0 Å². The first-order chi connectivity index (χ1) is 8.22. The third-order valence-electron chi connectivity index (χ3n) is 2.44. The molecule has 5 N–H and O–H groups in total. The molecule has 0 aliphatic heterocycles. The van der Waals surface area contributed by atoms with Gasteiger partial charge in [0.25, 0.3) is 0 Å². The van der Waals surface area contributed by atoms with Crippen molar-refractivity contribution in [3.05, 3.63) is 52.5 Å². The third kappa shape index (κ3) is 2.60. The summed E-state index contributed by atoms with van der Waals surface area (Å²) in [5, 5.41) is 0. The number of benzene rings is 1. The molecule has 0 fully saturated rings. The Kier molecular flexibility index (Phi) is 3.68. The van der Waals surface area contributed by atoms with Gasteiger partial charge >= 0.3 is 0 Å². The Balaban J connectivity index is 2.46. The van der Waals surface area contributed by atoms with Crippen LogP contribution < -0.4 is 17.0 Å². The number of aromatic nitrogens is 2. The lowest BCUT2D eigenvalue weighted by Gasteiger charge is -2.18. The Labute approximate surface area is 107 Å². The van der Waals surface area contributed by atoms with Crippen molar-refractivity contribution in [1.29, 1.82) is 0 Å². The van der Waals surface area contributed by atoms with Crippen molar-refractivity contribution >= 4 is 21.6 Å². The van der Waals surface area contributed by atoms with Crippen molar-refractivity contribution in [3.63, 3.8) is 0 Å². The molecule has 0 aliphatic carbocycles. The second kappa shape index (κ2) is 5.22. The van der Waals surface area contributed by atoms with Crippen molar-refractivity contribution in [1.82, 2.24) is 15.4 Å². The van der Waals surface area contributed by atoms with E-state index >= 15 is 0 Å². The number of nitrogens with zero attached hydrogens (tertiary/aromatic N) is 2. The number of hydrogen-bond donors (Lipinski definition) is 3. The van der Waals surface area contributed by atoms with Crippen LogP contribution in [0.4, 0.5) is 5.69 Å². The molecular formula is C11H12BrN5. The summed E-state index contributed by atoms with van der Waals surface area (Å²) in [4.78, 5) is 7.94. The minimum absolute atomic E-state index is 0.228. The first kappa shape index (κ1) is 12.0. The molecule has 1 atom stereocenters. The Morgan fingerprint density at radius 1 is 1.24 bits per heavy atom. The average molecular weight is 294 g/mol. The van der Waals surface area contributed by atoms with Gasteiger partial charge in [-0.1, -0.05) is 15.9 Å². The van der Waals surface area contributed by atoms with Crippen LogP contribution in [0, 0.1) is 0 Å². The van der Waals surface area contributed by atoms with Crippen LogP contribution in [-0.2, 0) is 0 Å². The fourth-order valence-corrected chi connectivity index (χ4v) is 2.00. The molecule has 0 saturated carbocycles. The van der Waals surface area contributed by atoms with E-state index in [4.69, 9.17) is 11.6 Å². The number of halogens is 1. The molecule has 0 amide bonds. The van der Waals surface area contributed by atoms with E-state index in [1.807, 2.05) is 18.2 Å². The predicted octanol–water partition coefficient (Wildman–Crippen LogP) is 1.37. The maximum atomic E-state index is 5.95. The van der Waals surface area contributed by atoms with Crippen LogP contribution in [0.5, 0.6) is 0 Å². The van der Waals surface area contributed by atoms with Gasteiger partial charge < -0.3 is 5.73 Å². The smallest absolute Gasteiger partial charge is 0.115 e. The van der Waals surface area contributed by atoms with Gasteiger partial charge in [0, 0.05) is 28.1 Å². The van der Waals surface area contributed by atoms with Crippen molar-refractivity contribution in [2.75, 3.05) is 5.73 Å². The van der Waals surface area contributed by atoms with Gasteiger partial charge in [-0.25, -0.2) is 15.4 Å². The molecule has 2 rings (SSSR count). The summed E-state index contributed by atoms with van der Waals surface area (Å²) in [6, 6.07) is 5.41. The molecule has 2 aromatic rings. The minimum atomic E-state index is -0.228. The van der Waals surface area contributed by atoms with E-state index in [0.717, 1.165) is 15.6 Å². The highest BCUT2D eigenvalue weighted by Crippen LogP contribution is 2.28. The van der Waals surface area contributed by atoms with Gasteiger partial charge in [-0.3, -0.25) is 5.84 Å². The van der Waals surface area contributed by atoms with Gasteiger partial charge in [0.1, 0.15) is 6.33 Å². The molecule has 1 unspecified atom stereocenters. The molecule has 1 aromatic heterocycles. The van der Waals surface area contributed by atoms with E-state index in [9.17, 15) is 0 Å². The lowest BCUT2D eigenvalue weighted by atomic mass is 10.0. The number of hydrazine groups is 1. The van der Waals surface area contributed by atoms with Crippen LogP contribution in [0.2, 0.25) is 0 Å². The number of rotatable bonds is 3. The zero-order valence-corrected chi connectivity index (χ0v) is 10.6. The topological polar surface area (TPSA) is 89.8 Å². The number of nitrogen functional groups attached to an aromatic ring is 1. The molecule has 0 saturated heterocycles. The predicted molar refractivity (Wildman–Crippen MR) is 69.8 cm³/mol. The summed E-state index contributed by atoms with van der Waals surface area (Å²) in [5.74, 6) is 5.58. The quantitative estimate of drug-likeness (QED) is 0.452. The lowest BCUT2D eigenvalue weighted by Crippen LogP contribution is -2.29. The zero-order chi connectivity index (χ0) is 12.3. The van der Waals surface area contributed by atoms with Crippen LogP contribution in [-0.4, -0.2) is 9.97 Å². The van der Waals surface area contributed by atoms with Gasteiger partial charge in [-0.05, 0) is 23.8 Å². The Hall–Kier alpha value is -1.50. The Bertz CT molecular complexity index is 502. The number of nitrogens with one attached hydrogen (secondary N) is 1. The van der Waals surface area contributed by atoms with E-state index in [1.165, 1.54) is 6.33 Å². The van der Waals surface area contributed by atoms with Gasteiger partial charge in [0.15, 0.2) is 0 Å². The molecule has 0 radical (unpaired) electrons. The van der Waals surface area contributed by atoms with Gasteiger partial charge in [0.05, 0.1) is 6.04 Å². The van der Waals surface area contributed by atoms with E-state index in [2.05, 4.69) is 31.3 Å². The average Bonchev–Trinajstić information content (AvgIpc) is 2.36. The molecule has 1 aromatic carbocycles. The number of nitrogens with two attached hydrogens (primary N) is 2. The Morgan fingerprint density at radius 2 is 1.94 bits per heavy atom. The fourth-order valence-electron chi connectivity index (χ4n) is 1.62. The number of hydrogen-bond acceptors (Lipinski definition) is 5. The van der Waals surface area contributed by atoms with Crippen LogP contribution in [0.25, 0.3) is 0 Å². The lowest BCUT2D eigenvalue weighted by molar-refractivity contribution is 0.633. The van der Waals surface area contributed by atoms with Crippen molar-refractivity contribution in [2.24, 2.45) is 5.84 Å². The van der Waals surface area contributed by atoms with E-state index in [0.29, 0.717) is 5.69 Å².